The Morgan fingerprint density at radius 2 is 1.55 bits per heavy atom. The first-order valence-electron chi connectivity index (χ1n) is 9.77. The van der Waals surface area contributed by atoms with Crippen molar-refractivity contribution in [2.24, 2.45) is 0 Å². The number of unbranched alkanes of at least 4 members (excludes halogenated alkanes) is 1. The number of ether oxygens (including phenoxy) is 1. The van der Waals surface area contributed by atoms with Gasteiger partial charge in [-0.05, 0) is 55.3 Å². The highest BCUT2D eigenvalue weighted by Gasteiger charge is 2.10. The van der Waals surface area contributed by atoms with Gasteiger partial charge in [0.25, 0.3) is 11.8 Å². The van der Waals surface area contributed by atoms with Crippen molar-refractivity contribution in [1.29, 1.82) is 0 Å². The van der Waals surface area contributed by atoms with E-state index in [0.717, 1.165) is 19.3 Å². The van der Waals surface area contributed by atoms with Crippen LogP contribution < -0.4 is 20.9 Å². The molecule has 7 heteroatoms. The average molecular weight is 397 g/mol. The van der Waals surface area contributed by atoms with Crippen molar-refractivity contribution in [2.45, 2.75) is 39.5 Å². The minimum absolute atomic E-state index is 0.0714. The van der Waals surface area contributed by atoms with Crippen LogP contribution in [0.3, 0.4) is 0 Å². The van der Waals surface area contributed by atoms with Crippen molar-refractivity contribution >= 4 is 23.4 Å². The van der Waals surface area contributed by atoms with E-state index in [9.17, 15) is 14.4 Å². The van der Waals surface area contributed by atoms with Gasteiger partial charge in [-0.2, -0.15) is 0 Å². The van der Waals surface area contributed by atoms with Crippen LogP contribution in [0.2, 0.25) is 0 Å². The van der Waals surface area contributed by atoms with Crippen LogP contribution in [0.15, 0.2) is 48.5 Å². The molecule has 154 valence electrons. The van der Waals surface area contributed by atoms with Gasteiger partial charge in [-0.15, -0.1) is 0 Å². The van der Waals surface area contributed by atoms with Gasteiger partial charge in [0.15, 0.2) is 0 Å². The van der Waals surface area contributed by atoms with Crippen LogP contribution in [0.5, 0.6) is 5.75 Å². The van der Waals surface area contributed by atoms with Crippen molar-refractivity contribution in [3.05, 3.63) is 59.7 Å². The molecule has 0 atom stereocenters. The second-order valence-corrected chi connectivity index (χ2v) is 6.51. The molecule has 0 heterocycles. The van der Waals surface area contributed by atoms with Crippen LogP contribution in [0.4, 0.5) is 5.69 Å². The van der Waals surface area contributed by atoms with Crippen LogP contribution in [-0.2, 0) is 4.79 Å². The molecule has 0 fully saturated rings. The zero-order valence-electron chi connectivity index (χ0n) is 16.8. The Morgan fingerprint density at radius 1 is 0.862 bits per heavy atom. The molecule has 2 rings (SSSR count). The maximum atomic E-state index is 12.3. The molecule has 0 radical (unpaired) electrons. The lowest BCUT2D eigenvalue weighted by Crippen LogP contribution is -2.41. The maximum absolute atomic E-state index is 12.3. The Hall–Kier alpha value is -3.35. The van der Waals surface area contributed by atoms with E-state index < -0.39 is 11.8 Å². The minimum Gasteiger partial charge on any atom is -0.494 e. The summed E-state index contributed by atoms with van der Waals surface area (Å²) in [6.07, 6.45) is 3.17. The summed E-state index contributed by atoms with van der Waals surface area (Å²) in [7, 11) is 0. The van der Waals surface area contributed by atoms with Gasteiger partial charge in [0.1, 0.15) is 5.75 Å². The number of anilines is 1. The van der Waals surface area contributed by atoms with Crippen LogP contribution in [-0.4, -0.2) is 24.3 Å². The van der Waals surface area contributed by atoms with Crippen LogP contribution in [0.1, 0.15) is 60.2 Å². The van der Waals surface area contributed by atoms with Gasteiger partial charge in [0, 0.05) is 23.2 Å². The lowest BCUT2D eigenvalue weighted by Gasteiger charge is -2.10. The van der Waals surface area contributed by atoms with Crippen molar-refractivity contribution < 1.29 is 19.1 Å². The van der Waals surface area contributed by atoms with E-state index in [0.29, 0.717) is 35.6 Å². The van der Waals surface area contributed by atoms with E-state index in [1.807, 2.05) is 6.92 Å². The third-order valence-electron chi connectivity index (χ3n) is 4.06. The number of nitrogens with one attached hydrogen (secondary N) is 3. The molecule has 0 aliphatic carbocycles. The highest BCUT2D eigenvalue weighted by Crippen LogP contribution is 2.14. The molecule has 0 bridgehead atoms. The Bertz CT molecular complexity index is 834. The molecule has 0 aliphatic rings. The first-order chi connectivity index (χ1) is 14.0. The number of carbonyl (C=O) groups excluding carboxylic acids is 3. The molecule has 0 aliphatic heterocycles. The SMILES string of the molecule is CCCCOc1cccc(C(=O)NNC(=O)c2ccc(NC(=O)CCC)cc2)c1. The monoisotopic (exact) mass is 397 g/mol. The fraction of sp³-hybridized carbons (Fsp3) is 0.318. The zero-order chi connectivity index (χ0) is 21.1. The Labute approximate surface area is 170 Å². The van der Waals surface area contributed by atoms with Gasteiger partial charge >= 0.3 is 0 Å². The lowest BCUT2D eigenvalue weighted by molar-refractivity contribution is -0.116. The number of benzene rings is 2. The van der Waals surface area contributed by atoms with Crippen molar-refractivity contribution in [3.63, 3.8) is 0 Å². The molecule has 0 saturated heterocycles. The first kappa shape index (κ1) is 21.9. The number of hydrogen-bond acceptors (Lipinski definition) is 4. The number of hydrazine groups is 1. The highest BCUT2D eigenvalue weighted by molar-refractivity contribution is 5.99. The summed E-state index contributed by atoms with van der Waals surface area (Å²) in [4.78, 5) is 36.1. The molecule has 0 unspecified atom stereocenters. The van der Waals surface area contributed by atoms with Gasteiger partial charge in [-0.3, -0.25) is 25.2 Å². The van der Waals surface area contributed by atoms with Crippen LogP contribution in [0, 0.1) is 0 Å². The Kier molecular flexibility index (Phi) is 8.69. The third-order valence-corrected chi connectivity index (χ3v) is 4.06. The molecular weight excluding hydrogens is 370 g/mol. The van der Waals surface area contributed by atoms with E-state index in [4.69, 9.17) is 4.74 Å². The Morgan fingerprint density at radius 3 is 2.21 bits per heavy atom. The average Bonchev–Trinajstić information content (AvgIpc) is 2.73. The number of hydrogen-bond donors (Lipinski definition) is 3. The summed E-state index contributed by atoms with van der Waals surface area (Å²) in [6, 6.07) is 13.2. The van der Waals surface area contributed by atoms with Crippen LogP contribution in [0.25, 0.3) is 0 Å². The Balaban J connectivity index is 1.87. The third kappa shape index (κ3) is 7.29. The van der Waals surface area contributed by atoms with E-state index in [-0.39, 0.29) is 5.91 Å². The summed E-state index contributed by atoms with van der Waals surface area (Å²) in [5, 5.41) is 2.75. The second-order valence-electron chi connectivity index (χ2n) is 6.51. The van der Waals surface area contributed by atoms with Crippen molar-refractivity contribution in [3.8, 4) is 5.75 Å². The maximum Gasteiger partial charge on any atom is 0.269 e. The predicted molar refractivity (Wildman–Crippen MR) is 112 cm³/mol. The van der Waals surface area contributed by atoms with Crippen LogP contribution >= 0.6 is 0 Å². The van der Waals surface area contributed by atoms with Gasteiger partial charge in [0.2, 0.25) is 5.91 Å². The van der Waals surface area contributed by atoms with E-state index in [1.165, 1.54) is 0 Å². The summed E-state index contributed by atoms with van der Waals surface area (Å²) in [5.74, 6) is -0.362. The molecule has 3 N–H and O–H groups in total. The van der Waals surface area contributed by atoms with Gasteiger partial charge in [-0.1, -0.05) is 26.3 Å². The molecule has 2 aromatic carbocycles. The molecule has 0 saturated carbocycles. The number of carbonyl (C=O) groups is 3. The van der Waals surface area contributed by atoms with Gasteiger partial charge in [0.05, 0.1) is 6.61 Å². The minimum atomic E-state index is -0.458. The summed E-state index contributed by atoms with van der Waals surface area (Å²) < 4.78 is 5.59. The molecule has 3 amide bonds. The number of rotatable bonds is 9. The summed E-state index contributed by atoms with van der Waals surface area (Å²) in [6.45, 7) is 4.59. The molecule has 7 nitrogen and oxygen atoms in total. The predicted octanol–water partition coefficient (Wildman–Crippen LogP) is 3.68. The molecular formula is C22H27N3O4. The fourth-order valence-electron chi connectivity index (χ4n) is 2.47. The molecule has 0 aromatic heterocycles. The van der Waals surface area contributed by atoms with Gasteiger partial charge in [-0.25, -0.2) is 0 Å². The van der Waals surface area contributed by atoms with Gasteiger partial charge < -0.3 is 10.1 Å². The van der Waals surface area contributed by atoms with E-state index in [2.05, 4.69) is 23.1 Å². The second kappa shape index (κ2) is 11.5. The van der Waals surface area contributed by atoms with Crippen molar-refractivity contribution in [2.75, 3.05) is 11.9 Å². The summed E-state index contributed by atoms with van der Waals surface area (Å²) in [5.41, 5.74) is 6.13. The quantitative estimate of drug-likeness (QED) is 0.444. The summed E-state index contributed by atoms with van der Waals surface area (Å²) >= 11 is 0. The molecule has 0 spiro atoms. The van der Waals surface area contributed by atoms with Crippen molar-refractivity contribution in [1.82, 2.24) is 10.9 Å². The standard InChI is InChI=1S/C22H27N3O4/c1-3-5-14-29-19-9-6-8-17(15-19)22(28)25-24-21(27)16-10-12-18(13-11-16)23-20(26)7-4-2/h6,8-13,15H,3-5,7,14H2,1-2H3,(H,23,26)(H,24,27)(H,25,28). The molecule has 29 heavy (non-hydrogen) atoms. The zero-order valence-corrected chi connectivity index (χ0v) is 16.8. The topological polar surface area (TPSA) is 96.5 Å². The number of amides is 3. The van der Waals surface area contributed by atoms with E-state index >= 15 is 0 Å². The highest BCUT2D eigenvalue weighted by atomic mass is 16.5. The fourth-order valence-corrected chi connectivity index (χ4v) is 2.47. The first-order valence-corrected chi connectivity index (χ1v) is 9.77. The normalized spacial score (nSPS) is 10.1. The lowest BCUT2D eigenvalue weighted by atomic mass is 10.2. The van der Waals surface area contributed by atoms with E-state index in [1.54, 1.807) is 48.5 Å². The largest absolute Gasteiger partial charge is 0.494 e. The molecule has 2 aromatic rings. The smallest absolute Gasteiger partial charge is 0.269 e.